The van der Waals surface area contributed by atoms with Gasteiger partial charge in [-0.3, -0.25) is 0 Å². The van der Waals surface area contributed by atoms with Crippen LogP contribution in [0, 0.1) is 0 Å². The third-order valence-corrected chi connectivity index (χ3v) is 0.558. The molecule has 0 atom stereocenters. The average molecular weight is 153 g/mol. The maximum atomic E-state index is 8.12. The van der Waals surface area contributed by atoms with Gasteiger partial charge in [-0.2, -0.15) is 0 Å². The lowest BCUT2D eigenvalue weighted by atomic mass is 10.2. The summed E-state index contributed by atoms with van der Waals surface area (Å²) in [5.41, 5.74) is 0. The van der Waals surface area contributed by atoms with E-state index >= 15 is 0 Å². The molecule has 0 aromatic rings. The monoisotopic (exact) mass is 153 g/mol. The molecule has 0 aliphatic carbocycles. The zero-order chi connectivity index (χ0) is 8.20. The van der Waals surface area contributed by atoms with Gasteiger partial charge in [0.15, 0.2) is 0 Å². The largest absolute Gasteiger partial charge is 0.662 e. The fraction of sp³-hybridized carbons (Fsp3) is 1.00. The number of hydrogen-bond donors (Lipinski definition) is 4. The SMILES string of the molecule is COB(ON)OC(O)(O)O. The fourth-order valence-corrected chi connectivity index (χ4v) is 0.261. The van der Waals surface area contributed by atoms with Gasteiger partial charge in [0.2, 0.25) is 0 Å². The first-order valence-corrected chi connectivity index (χ1v) is 2.23. The van der Waals surface area contributed by atoms with Gasteiger partial charge in [-0.1, -0.05) is 0 Å². The van der Waals surface area contributed by atoms with E-state index in [-0.39, 0.29) is 0 Å². The highest BCUT2D eigenvalue weighted by molar-refractivity contribution is 6.36. The van der Waals surface area contributed by atoms with Gasteiger partial charge >= 0.3 is 13.5 Å². The van der Waals surface area contributed by atoms with Crippen LogP contribution >= 0.6 is 0 Å². The minimum absolute atomic E-state index is 1.13. The molecule has 0 rings (SSSR count). The molecule has 0 amide bonds. The Hall–Kier alpha value is -0.215. The Bertz CT molecular complexity index is 88.2. The van der Waals surface area contributed by atoms with Crippen molar-refractivity contribution in [3.8, 4) is 0 Å². The van der Waals surface area contributed by atoms with Crippen LogP contribution in [0.2, 0.25) is 0 Å². The zero-order valence-corrected chi connectivity index (χ0v) is 5.22. The molecule has 0 radical (unpaired) electrons. The second-order valence-electron chi connectivity index (χ2n) is 1.35. The molecule has 8 heteroatoms. The molecule has 0 aliphatic rings. The lowest BCUT2D eigenvalue weighted by Gasteiger charge is -2.16. The highest BCUT2D eigenvalue weighted by Crippen LogP contribution is 1.98. The number of nitrogens with two attached hydrogens (primary N) is 1. The molecule has 7 nitrogen and oxygen atoms in total. The normalized spacial score (nSPS) is 11.7. The third-order valence-electron chi connectivity index (χ3n) is 0.558. The molecule has 5 N–H and O–H groups in total. The summed E-state index contributed by atoms with van der Waals surface area (Å²) in [4.78, 5) is 0. The van der Waals surface area contributed by atoms with Crippen molar-refractivity contribution in [2.24, 2.45) is 5.90 Å². The van der Waals surface area contributed by atoms with Gasteiger partial charge in [0.05, 0.1) is 0 Å². The van der Waals surface area contributed by atoms with Gasteiger partial charge in [-0.25, -0.2) is 5.90 Å². The first-order chi connectivity index (χ1) is 4.49. The van der Waals surface area contributed by atoms with Crippen molar-refractivity contribution < 1.29 is 29.4 Å². The Labute approximate surface area is 57.0 Å². The molecule has 0 aromatic heterocycles. The van der Waals surface area contributed by atoms with E-state index in [9.17, 15) is 0 Å². The summed E-state index contributed by atoms with van der Waals surface area (Å²) in [6, 6.07) is 0. The Morgan fingerprint density at radius 2 is 1.90 bits per heavy atom. The van der Waals surface area contributed by atoms with Gasteiger partial charge < -0.3 is 29.4 Å². The Morgan fingerprint density at radius 3 is 2.00 bits per heavy atom. The summed E-state index contributed by atoms with van der Waals surface area (Å²) in [5, 5.41) is 24.4. The predicted octanol–water partition coefficient (Wildman–Crippen LogP) is -2.89. The second-order valence-corrected chi connectivity index (χ2v) is 1.35. The van der Waals surface area contributed by atoms with Crippen LogP contribution in [0.4, 0.5) is 0 Å². The molecule has 0 heterocycles. The van der Waals surface area contributed by atoms with Gasteiger partial charge in [0.25, 0.3) is 0 Å². The van der Waals surface area contributed by atoms with Crippen molar-refractivity contribution in [2.75, 3.05) is 7.11 Å². The number of aliphatic hydroxyl groups is 3. The van der Waals surface area contributed by atoms with Crippen molar-refractivity contribution in [3.05, 3.63) is 0 Å². The van der Waals surface area contributed by atoms with Crippen LogP contribution in [0.25, 0.3) is 0 Å². The van der Waals surface area contributed by atoms with Crippen LogP contribution in [-0.4, -0.2) is 35.9 Å². The molecule has 0 bridgehead atoms. The fourth-order valence-electron chi connectivity index (χ4n) is 0.261. The van der Waals surface area contributed by atoms with Crippen molar-refractivity contribution >= 4 is 7.32 Å². The summed E-state index contributed by atoms with van der Waals surface area (Å²) >= 11 is 0. The quantitative estimate of drug-likeness (QED) is 0.194. The van der Waals surface area contributed by atoms with Crippen molar-refractivity contribution in [2.45, 2.75) is 6.16 Å². The molecule has 60 valence electrons. The van der Waals surface area contributed by atoms with Crippen LogP contribution in [0.1, 0.15) is 0 Å². The van der Waals surface area contributed by atoms with E-state index in [0.717, 1.165) is 7.11 Å². The third kappa shape index (κ3) is 4.64. The molecule has 0 saturated heterocycles. The summed E-state index contributed by atoms with van der Waals surface area (Å²) < 4.78 is 11.9. The predicted molar refractivity (Wildman–Crippen MR) is 28.5 cm³/mol. The summed E-state index contributed by atoms with van der Waals surface area (Å²) in [6.07, 6.45) is -3.31. The molecule has 0 unspecified atom stereocenters. The van der Waals surface area contributed by atoms with Crippen molar-refractivity contribution in [3.63, 3.8) is 0 Å². The van der Waals surface area contributed by atoms with Gasteiger partial charge in [0, 0.05) is 7.11 Å². The molecule has 0 aliphatic heterocycles. The minimum atomic E-state index is -3.31. The van der Waals surface area contributed by atoms with Gasteiger partial charge in [-0.05, 0) is 0 Å². The smallest absolute Gasteiger partial charge is 0.388 e. The minimum Gasteiger partial charge on any atom is -0.388 e. The van der Waals surface area contributed by atoms with E-state index in [2.05, 4.69) is 20.0 Å². The van der Waals surface area contributed by atoms with Crippen LogP contribution in [-0.2, 0) is 14.1 Å². The molecule has 0 saturated carbocycles. The van der Waals surface area contributed by atoms with Crippen LogP contribution in [0.15, 0.2) is 0 Å². The summed E-state index contributed by atoms with van der Waals surface area (Å²) in [5.74, 6) is 4.51. The highest BCUT2D eigenvalue weighted by atomic mass is 16.9. The van der Waals surface area contributed by atoms with Gasteiger partial charge in [-0.15, -0.1) is 0 Å². The van der Waals surface area contributed by atoms with E-state index in [4.69, 9.17) is 15.3 Å². The van der Waals surface area contributed by atoms with E-state index < -0.39 is 13.5 Å². The maximum absolute atomic E-state index is 8.12. The lowest BCUT2D eigenvalue weighted by molar-refractivity contribution is -0.429. The Kier molecular flexibility index (Phi) is 3.75. The Morgan fingerprint density at radius 1 is 1.40 bits per heavy atom. The highest BCUT2D eigenvalue weighted by Gasteiger charge is 2.31. The van der Waals surface area contributed by atoms with Crippen molar-refractivity contribution in [1.82, 2.24) is 0 Å². The van der Waals surface area contributed by atoms with Crippen LogP contribution in [0.5, 0.6) is 0 Å². The lowest BCUT2D eigenvalue weighted by Crippen LogP contribution is -2.42. The standard InChI is InChI=1S/C2H8BNO6/c1-8-3(10-4)9-2(5,6)7/h5-7H,4H2,1H3. The number of rotatable bonds is 4. The first kappa shape index (κ1) is 9.78. The van der Waals surface area contributed by atoms with E-state index in [1.54, 1.807) is 0 Å². The molecule has 0 aromatic carbocycles. The summed E-state index contributed by atoms with van der Waals surface area (Å²) in [7, 11) is -0.400. The zero-order valence-electron chi connectivity index (χ0n) is 5.22. The van der Waals surface area contributed by atoms with E-state index in [1.165, 1.54) is 0 Å². The molecular weight excluding hydrogens is 145 g/mol. The summed E-state index contributed by atoms with van der Waals surface area (Å²) in [6.45, 7) is 0. The van der Waals surface area contributed by atoms with Gasteiger partial charge in [0.1, 0.15) is 0 Å². The Balaban J connectivity index is 3.63. The van der Waals surface area contributed by atoms with Crippen LogP contribution < -0.4 is 5.90 Å². The van der Waals surface area contributed by atoms with E-state index in [0.29, 0.717) is 0 Å². The topological polar surface area (TPSA) is 114 Å². The molecule has 0 spiro atoms. The molecule has 0 fully saturated rings. The van der Waals surface area contributed by atoms with Crippen molar-refractivity contribution in [1.29, 1.82) is 0 Å². The first-order valence-electron chi connectivity index (χ1n) is 2.23. The van der Waals surface area contributed by atoms with E-state index in [1.807, 2.05) is 0 Å². The second kappa shape index (κ2) is 3.83. The maximum Gasteiger partial charge on any atom is 0.662 e. The number of hydrogen-bond acceptors (Lipinski definition) is 7. The molecular formula is C2H8BNO6. The average Bonchev–Trinajstić information content (AvgIpc) is 1.81. The van der Waals surface area contributed by atoms with Crippen LogP contribution in [0.3, 0.4) is 0 Å². The molecule has 10 heavy (non-hydrogen) atoms.